The molecule has 0 saturated heterocycles. The highest BCUT2D eigenvalue weighted by Gasteiger charge is 2.37. The molecule has 31 heavy (non-hydrogen) atoms. The summed E-state index contributed by atoms with van der Waals surface area (Å²) in [6.07, 6.45) is -9.43. The Hall–Kier alpha value is -1.56. The lowest BCUT2D eigenvalue weighted by Gasteiger charge is -2.16. The average molecular weight is 511 g/mol. The minimum absolute atomic E-state index is 0.000947. The zero-order chi connectivity index (χ0) is 23.6. The van der Waals surface area contributed by atoms with Gasteiger partial charge in [-0.3, -0.25) is 0 Å². The highest BCUT2D eigenvalue weighted by molar-refractivity contribution is 6.66. The van der Waals surface area contributed by atoms with Gasteiger partial charge >= 0.3 is 12.4 Å². The van der Waals surface area contributed by atoms with Crippen LogP contribution < -0.4 is 5.32 Å². The first-order chi connectivity index (χ1) is 14.1. The molecule has 1 N–H and O–H groups in total. The first kappa shape index (κ1) is 25.7. The van der Waals surface area contributed by atoms with E-state index in [2.05, 4.69) is 20.3 Å². The van der Waals surface area contributed by atoms with Crippen molar-refractivity contribution in [3.8, 4) is 11.4 Å². The first-order valence-electron chi connectivity index (χ1n) is 8.59. The molecule has 1 heterocycles. The van der Waals surface area contributed by atoms with Crippen molar-refractivity contribution in [2.75, 3.05) is 32.5 Å². The van der Waals surface area contributed by atoms with Crippen LogP contribution in [0.5, 0.6) is 0 Å². The third-order valence-corrected chi connectivity index (χ3v) is 4.31. The fourth-order valence-corrected chi connectivity index (χ4v) is 2.64. The second-order valence-electron chi connectivity index (χ2n) is 6.68. The quantitative estimate of drug-likeness (QED) is 0.304. The Morgan fingerprint density at radius 3 is 1.87 bits per heavy atom. The first-order valence-corrected chi connectivity index (χ1v) is 9.72. The molecule has 0 bridgehead atoms. The smallest absolute Gasteiger partial charge is 0.354 e. The van der Waals surface area contributed by atoms with Crippen LogP contribution in [0.4, 0.5) is 32.3 Å². The SMILES string of the molecule is CN(C)CCCNc1nc(-c2cc(C(F)(F)F)cc(C(F)(F)F)c2)nc(C(Cl)(Cl)Cl)n1. The molecule has 0 aliphatic carbocycles. The summed E-state index contributed by atoms with van der Waals surface area (Å²) in [7, 11) is 3.71. The van der Waals surface area contributed by atoms with E-state index in [4.69, 9.17) is 34.8 Å². The summed E-state index contributed by atoms with van der Waals surface area (Å²) in [5.74, 6) is -1.12. The highest BCUT2D eigenvalue weighted by Crippen LogP contribution is 2.40. The van der Waals surface area contributed by atoms with E-state index in [1.54, 1.807) is 0 Å². The summed E-state index contributed by atoms with van der Waals surface area (Å²) in [4.78, 5) is 13.5. The van der Waals surface area contributed by atoms with Crippen LogP contribution in [0.3, 0.4) is 0 Å². The lowest BCUT2D eigenvalue weighted by molar-refractivity contribution is -0.143. The number of hydrogen-bond donors (Lipinski definition) is 1. The maximum absolute atomic E-state index is 13.2. The second kappa shape index (κ2) is 9.51. The van der Waals surface area contributed by atoms with Crippen molar-refractivity contribution in [3.05, 3.63) is 35.2 Å². The number of aromatic nitrogens is 3. The van der Waals surface area contributed by atoms with Gasteiger partial charge in [-0.05, 0) is 45.3 Å². The van der Waals surface area contributed by atoms with E-state index >= 15 is 0 Å². The molecule has 0 spiro atoms. The van der Waals surface area contributed by atoms with Crippen LogP contribution in [-0.2, 0) is 16.1 Å². The van der Waals surface area contributed by atoms with E-state index in [0.717, 1.165) is 0 Å². The molecule has 0 fully saturated rings. The molecule has 0 unspecified atom stereocenters. The zero-order valence-corrected chi connectivity index (χ0v) is 18.3. The third-order valence-electron chi connectivity index (χ3n) is 3.80. The largest absolute Gasteiger partial charge is 0.416 e. The van der Waals surface area contributed by atoms with E-state index in [-0.39, 0.29) is 12.0 Å². The molecule has 0 aliphatic rings. The Morgan fingerprint density at radius 1 is 0.871 bits per heavy atom. The molecule has 0 aliphatic heterocycles. The van der Waals surface area contributed by atoms with Gasteiger partial charge in [0.15, 0.2) is 11.6 Å². The number of benzene rings is 1. The molecule has 5 nitrogen and oxygen atoms in total. The van der Waals surface area contributed by atoms with Crippen LogP contribution in [0.15, 0.2) is 18.2 Å². The fraction of sp³-hybridized carbons (Fsp3) is 0.471. The van der Waals surface area contributed by atoms with Gasteiger partial charge in [-0.25, -0.2) is 4.98 Å². The number of anilines is 1. The fourth-order valence-electron chi connectivity index (χ4n) is 2.39. The summed E-state index contributed by atoms with van der Waals surface area (Å²) in [5, 5.41) is 2.80. The molecule has 2 aromatic rings. The Labute approximate surface area is 188 Å². The van der Waals surface area contributed by atoms with E-state index in [9.17, 15) is 26.3 Å². The van der Waals surface area contributed by atoms with E-state index in [0.29, 0.717) is 31.6 Å². The van der Waals surface area contributed by atoms with Crippen molar-refractivity contribution >= 4 is 40.8 Å². The van der Waals surface area contributed by atoms with Gasteiger partial charge in [0.05, 0.1) is 11.1 Å². The molecule has 1 aromatic heterocycles. The van der Waals surface area contributed by atoms with Crippen molar-refractivity contribution < 1.29 is 26.3 Å². The summed E-state index contributed by atoms with van der Waals surface area (Å²) in [6, 6.07) is 0.978. The van der Waals surface area contributed by atoms with E-state index in [1.807, 2.05) is 19.0 Å². The van der Waals surface area contributed by atoms with E-state index in [1.165, 1.54) is 0 Å². The maximum atomic E-state index is 13.2. The van der Waals surface area contributed by atoms with Crippen molar-refractivity contribution in [1.29, 1.82) is 0 Å². The number of nitrogens with one attached hydrogen (secondary N) is 1. The van der Waals surface area contributed by atoms with Crippen LogP contribution in [0, 0.1) is 0 Å². The number of nitrogens with zero attached hydrogens (tertiary/aromatic N) is 4. The van der Waals surface area contributed by atoms with Crippen LogP contribution in [0.1, 0.15) is 23.4 Å². The number of halogens is 9. The van der Waals surface area contributed by atoms with Gasteiger partial charge in [-0.2, -0.15) is 36.3 Å². The lowest BCUT2D eigenvalue weighted by Crippen LogP contribution is -2.18. The maximum Gasteiger partial charge on any atom is 0.416 e. The number of hydrogen-bond acceptors (Lipinski definition) is 5. The third kappa shape index (κ3) is 7.51. The zero-order valence-electron chi connectivity index (χ0n) is 16.0. The predicted octanol–water partition coefficient (Wildman–Crippen LogP) is 5.77. The van der Waals surface area contributed by atoms with Gasteiger partial charge in [0.1, 0.15) is 0 Å². The molecule has 2 rings (SSSR count). The van der Waals surface area contributed by atoms with Crippen LogP contribution in [-0.4, -0.2) is 47.0 Å². The summed E-state index contributed by atoms with van der Waals surface area (Å²) < 4.78 is 76.8. The minimum atomic E-state index is -5.03. The monoisotopic (exact) mass is 509 g/mol. The molecule has 172 valence electrons. The minimum Gasteiger partial charge on any atom is -0.354 e. The summed E-state index contributed by atoms with van der Waals surface area (Å²) in [5.41, 5.74) is -3.60. The van der Waals surface area contributed by atoms with Crippen molar-refractivity contribution in [1.82, 2.24) is 19.9 Å². The van der Waals surface area contributed by atoms with Crippen molar-refractivity contribution in [2.24, 2.45) is 0 Å². The van der Waals surface area contributed by atoms with Crippen molar-refractivity contribution in [3.63, 3.8) is 0 Å². The van der Waals surface area contributed by atoms with Gasteiger partial charge in [0.25, 0.3) is 0 Å². The molecule has 0 atom stereocenters. The molecular weight excluding hydrogens is 495 g/mol. The topological polar surface area (TPSA) is 53.9 Å². The Kier molecular flexibility index (Phi) is 7.89. The van der Waals surface area contributed by atoms with Crippen LogP contribution in [0.2, 0.25) is 0 Å². The van der Waals surface area contributed by atoms with Gasteiger partial charge in [0.2, 0.25) is 9.74 Å². The lowest BCUT2D eigenvalue weighted by atomic mass is 10.0. The standard InChI is InChI=1S/C17H16Cl3F6N5/c1-31(2)5-3-4-27-14-29-12(28-13(30-14)15(18,19)20)9-6-10(16(21,22)23)8-11(7-9)17(24,25)26/h6-8H,3-5H2,1-2H3,(H,27,28,29,30). The van der Waals surface area contributed by atoms with Gasteiger partial charge in [-0.15, -0.1) is 0 Å². The molecular formula is C17H16Cl3F6N5. The van der Waals surface area contributed by atoms with Gasteiger partial charge < -0.3 is 10.2 Å². The van der Waals surface area contributed by atoms with Crippen LogP contribution in [0.25, 0.3) is 11.4 Å². The summed E-state index contributed by atoms with van der Waals surface area (Å²) >= 11 is 17.4. The van der Waals surface area contributed by atoms with Gasteiger partial charge in [0, 0.05) is 12.1 Å². The van der Waals surface area contributed by atoms with Crippen LogP contribution >= 0.6 is 34.8 Å². The molecule has 0 saturated carbocycles. The second-order valence-corrected chi connectivity index (χ2v) is 8.96. The highest BCUT2D eigenvalue weighted by atomic mass is 35.6. The Balaban J connectivity index is 2.56. The molecule has 1 aromatic carbocycles. The number of rotatable bonds is 6. The average Bonchev–Trinajstić information content (AvgIpc) is 2.62. The molecule has 0 radical (unpaired) electrons. The summed E-state index contributed by atoms with van der Waals surface area (Å²) in [6.45, 7) is 1.04. The molecule has 14 heteroatoms. The Bertz CT molecular complexity index is 880. The molecule has 0 amide bonds. The normalized spacial score (nSPS) is 13.0. The predicted molar refractivity (Wildman–Crippen MR) is 106 cm³/mol. The van der Waals surface area contributed by atoms with Crippen molar-refractivity contribution in [2.45, 2.75) is 22.6 Å². The van der Waals surface area contributed by atoms with E-state index < -0.39 is 44.5 Å². The van der Waals surface area contributed by atoms with Gasteiger partial charge in [-0.1, -0.05) is 34.8 Å². The Morgan fingerprint density at radius 2 is 1.42 bits per heavy atom. The number of alkyl halides is 9.